The van der Waals surface area contributed by atoms with Crippen LogP contribution in [0.5, 0.6) is 0 Å². The molecule has 2 aliphatic heterocycles. The van der Waals surface area contributed by atoms with E-state index in [4.69, 9.17) is 0 Å². The van der Waals surface area contributed by atoms with E-state index in [0.717, 1.165) is 0 Å². The number of sulfone groups is 1. The van der Waals surface area contributed by atoms with Gasteiger partial charge in [0.25, 0.3) is 5.91 Å². The highest BCUT2D eigenvalue weighted by Crippen LogP contribution is 2.28. The third-order valence-corrected chi connectivity index (χ3v) is 6.55. The minimum Gasteiger partial charge on any atom is -0.364 e. The Morgan fingerprint density at radius 3 is 2.40 bits per heavy atom. The molecule has 0 aromatic carbocycles. The Hall–Kier alpha value is -2.16. The van der Waals surface area contributed by atoms with Gasteiger partial charge in [-0.05, 0) is 6.92 Å². The molecule has 3 rings (SSSR count). The van der Waals surface area contributed by atoms with E-state index in [0.29, 0.717) is 5.69 Å². The first-order chi connectivity index (χ1) is 11.7. The van der Waals surface area contributed by atoms with Crippen LogP contribution in [0.1, 0.15) is 29.4 Å². The monoisotopic (exact) mass is 367 g/mol. The largest absolute Gasteiger partial charge is 0.364 e. The van der Waals surface area contributed by atoms with Crippen LogP contribution in [0.2, 0.25) is 0 Å². The van der Waals surface area contributed by atoms with Gasteiger partial charge in [-0.1, -0.05) is 6.92 Å². The van der Waals surface area contributed by atoms with Crippen molar-refractivity contribution in [2.75, 3.05) is 24.6 Å². The second-order valence-corrected chi connectivity index (χ2v) is 8.70. The Kier molecular flexibility index (Phi) is 4.44. The molecule has 25 heavy (non-hydrogen) atoms. The summed E-state index contributed by atoms with van der Waals surface area (Å²) in [7, 11) is -3.34. The molecule has 2 atom stereocenters. The van der Waals surface area contributed by atoms with Crippen molar-refractivity contribution in [3.05, 3.63) is 33.7 Å². The van der Waals surface area contributed by atoms with Crippen molar-refractivity contribution in [1.29, 1.82) is 0 Å². The Morgan fingerprint density at radius 2 is 1.80 bits per heavy atom. The number of nitrogens with one attached hydrogen (secondary N) is 1. The summed E-state index contributed by atoms with van der Waals surface area (Å²) in [5, 5.41) is 0. The number of hydrogen-bond acceptors (Lipinski definition) is 5. The number of piperazine rings is 1. The normalized spacial score (nSPS) is 24.9. The van der Waals surface area contributed by atoms with Crippen molar-refractivity contribution in [2.24, 2.45) is 0 Å². The van der Waals surface area contributed by atoms with E-state index >= 15 is 0 Å². The molecule has 3 heterocycles. The van der Waals surface area contributed by atoms with Crippen LogP contribution in [0.4, 0.5) is 0 Å². The van der Waals surface area contributed by atoms with E-state index in [1.807, 2.05) is 0 Å². The smallest absolute Gasteiger partial charge is 0.259 e. The lowest BCUT2D eigenvalue weighted by Crippen LogP contribution is -2.62. The molecule has 136 valence electrons. The molecule has 2 saturated heterocycles. The lowest BCUT2D eigenvalue weighted by Gasteiger charge is -2.43. The number of H-pyrrole nitrogens is 1. The molecular weight excluding hydrogens is 346 g/mol. The number of rotatable bonds is 2. The molecule has 8 nitrogen and oxygen atoms in total. The molecule has 9 heteroatoms. The summed E-state index contributed by atoms with van der Waals surface area (Å²) in [6.45, 7) is 3.93. The zero-order valence-electron chi connectivity index (χ0n) is 14.2. The van der Waals surface area contributed by atoms with Crippen LogP contribution in [-0.2, 0) is 14.6 Å². The third kappa shape index (κ3) is 3.20. The number of aryl methyl sites for hydroxylation is 1. The molecule has 0 spiro atoms. The maximum absolute atomic E-state index is 12.8. The number of amides is 2. The molecule has 0 saturated carbocycles. The highest BCUT2D eigenvalue weighted by molar-refractivity contribution is 7.91. The first-order valence-corrected chi connectivity index (χ1v) is 10.1. The number of carbonyl (C=O) groups excluding carboxylic acids is 2. The van der Waals surface area contributed by atoms with Gasteiger partial charge in [0, 0.05) is 37.5 Å². The van der Waals surface area contributed by atoms with Gasteiger partial charge in [-0.15, -0.1) is 0 Å². The predicted octanol–water partition coefficient (Wildman–Crippen LogP) is -0.457. The molecular formula is C16H21N3O5S. The molecule has 0 bridgehead atoms. The minimum atomic E-state index is -3.34. The van der Waals surface area contributed by atoms with Gasteiger partial charge in [0.2, 0.25) is 5.91 Å². The summed E-state index contributed by atoms with van der Waals surface area (Å²) in [5.41, 5.74) is 0.232. The Labute approximate surface area is 145 Å². The van der Waals surface area contributed by atoms with Crippen molar-refractivity contribution in [3.8, 4) is 0 Å². The highest BCUT2D eigenvalue weighted by Gasteiger charge is 2.49. The van der Waals surface area contributed by atoms with Crippen LogP contribution in [0.15, 0.2) is 17.1 Å². The Balaban J connectivity index is 1.94. The van der Waals surface area contributed by atoms with Crippen molar-refractivity contribution in [2.45, 2.75) is 32.4 Å². The van der Waals surface area contributed by atoms with E-state index in [1.54, 1.807) is 18.7 Å². The lowest BCUT2D eigenvalue weighted by molar-refractivity contribution is -0.135. The van der Waals surface area contributed by atoms with Gasteiger partial charge >= 0.3 is 0 Å². The van der Waals surface area contributed by atoms with Gasteiger partial charge in [-0.2, -0.15) is 0 Å². The first-order valence-electron chi connectivity index (χ1n) is 8.23. The van der Waals surface area contributed by atoms with E-state index in [9.17, 15) is 22.8 Å². The zero-order valence-corrected chi connectivity index (χ0v) is 15.0. The van der Waals surface area contributed by atoms with E-state index < -0.39 is 33.3 Å². The first kappa shape index (κ1) is 17.7. The number of fused-ring (bicyclic) bond motifs is 1. The summed E-state index contributed by atoms with van der Waals surface area (Å²) in [6.07, 6.45) is 1.65. The van der Waals surface area contributed by atoms with Crippen molar-refractivity contribution >= 4 is 21.7 Å². The standard InChI is InChI=1S/C16H21N3O5S/c1-3-15(21)18-4-5-19(13-9-25(23,24)8-12(13)18)16(22)11-7-17-10(2)6-14(11)20/h6-7,12-13H,3-5,8-9H2,1-2H3,(H,17,20)/t12-,13+/m1/s1. The van der Waals surface area contributed by atoms with Gasteiger partial charge < -0.3 is 14.8 Å². The maximum atomic E-state index is 12.8. The molecule has 0 radical (unpaired) electrons. The average molecular weight is 367 g/mol. The molecule has 1 aromatic heterocycles. The summed E-state index contributed by atoms with van der Waals surface area (Å²) < 4.78 is 24.3. The summed E-state index contributed by atoms with van der Waals surface area (Å²) in [6, 6.07) is 0.189. The highest BCUT2D eigenvalue weighted by atomic mass is 32.2. The van der Waals surface area contributed by atoms with Crippen molar-refractivity contribution in [3.63, 3.8) is 0 Å². The third-order valence-electron chi connectivity index (χ3n) is 4.85. The SMILES string of the molecule is CCC(=O)N1CCN(C(=O)c2c[nH]c(C)cc2=O)[C@H]2CS(=O)(=O)C[C@H]21. The molecule has 2 amide bonds. The zero-order chi connectivity index (χ0) is 18.4. The molecule has 2 fully saturated rings. The molecule has 0 aliphatic carbocycles. The van der Waals surface area contributed by atoms with Crippen molar-refractivity contribution in [1.82, 2.24) is 14.8 Å². The van der Waals surface area contributed by atoms with Crippen LogP contribution in [0, 0.1) is 6.92 Å². The summed E-state index contributed by atoms with van der Waals surface area (Å²) >= 11 is 0. The number of carbonyl (C=O) groups is 2. The van der Waals surface area contributed by atoms with Crippen LogP contribution >= 0.6 is 0 Å². The number of nitrogens with zero attached hydrogens (tertiary/aromatic N) is 2. The van der Waals surface area contributed by atoms with Gasteiger partial charge in [-0.3, -0.25) is 14.4 Å². The molecule has 1 aromatic rings. The number of aromatic amines is 1. The van der Waals surface area contributed by atoms with Crippen LogP contribution in [-0.4, -0.2) is 71.7 Å². The van der Waals surface area contributed by atoms with Gasteiger partial charge in [0.05, 0.1) is 23.6 Å². The fourth-order valence-corrected chi connectivity index (χ4v) is 5.59. The maximum Gasteiger partial charge on any atom is 0.259 e. The topological polar surface area (TPSA) is 108 Å². The average Bonchev–Trinajstić information content (AvgIpc) is 2.87. The van der Waals surface area contributed by atoms with Crippen LogP contribution in [0.25, 0.3) is 0 Å². The second kappa shape index (κ2) is 6.29. The number of hydrogen-bond donors (Lipinski definition) is 1. The fourth-order valence-electron chi connectivity index (χ4n) is 3.61. The number of pyridine rings is 1. The summed E-state index contributed by atoms with van der Waals surface area (Å²) in [4.78, 5) is 42.9. The second-order valence-electron chi connectivity index (χ2n) is 6.54. The van der Waals surface area contributed by atoms with E-state index in [-0.39, 0.29) is 42.5 Å². The fraction of sp³-hybridized carbons (Fsp3) is 0.562. The van der Waals surface area contributed by atoms with Crippen molar-refractivity contribution < 1.29 is 18.0 Å². The number of aromatic nitrogens is 1. The predicted molar refractivity (Wildman–Crippen MR) is 91.1 cm³/mol. The van der Waals surface area contributed by atoms with Gasteiger partial charge in [0.15, 0.2) is 15.3 Å². The van der Waals surface area contributed by atoms with Crippen LogP contribution in [0.3, 0.4) is 0 Å². The molecule has 1 N–H and O–H groups in total. The quantitative estimate of drug-likeness (QED) is 0.761. The van der Waals surface area contributed by atoms with Gasteiger partial charge in [0.1, 0.15) is 5.56 Å². The molecule has 2 aliphatic rings. The van der Waals surface area contributed by atoms with Crippen LogP contribution < -0.4 is 5.43 Å². The van der Waals surface area contributed by atoms with E-state index in [2.05, 4.69) is 4.98 Å². The summed E-state index contributed by atoms with van der Waals surface area (Å²) in [5.74, 6) is -0.928. The Bertz CT molecular complexity index is 876. The molecule has 0 unspecified atom stereocenters. The Morgan fingerprint density at radius 1 is 1.20 bits per heavy atom. The lowest BCUT2D eigenvalue weighted by atomic mass is 10.0. The van der Waals surface area contributed by atoms with Gasteiger partial charge in [-0.25, -0.2) is 8.42 Å². The van der Waals surface area contributed by atoms with E-state index in [1.165, 1.54) is 17.2 Å². The minimum absolute atomic E-state index is 0.0103.